The van der Waals surface area contributed by atoms with Crippen LogP contribution in [0.15, 0.2) is 0 Å². The minimum absolute atomic E-state index is 0.512. The molecule has 0 rings (SSSR count). The first kappa shape index (κ1) is 22.8. The van der Waals surface area contributed by atoms with E-state index in [0.29, 0.717) is 6.42 Å². The number of unbranched alkanes of at least 4 members (excludes halogenated alkanes) is 11. The zero-order valence-electron chi connectivity index (χ0n) is 13.7. The summed E-state index contributed by atoms with van der Waals surface area (Å²) in [5.41, 5.74) is 0. The molecule has 0 amide bonds. The van der Waals surface area contributed by atoms with Crippen LogP contribution in [0.1, 0.15) is 90.4 Å². The van der Waals surface area contributed by atoms with Gasteiger partial charge < -0.3 is 0 Å². The number of alkyl halides is 4. The third-order valence-corrected chi connectivity index (χ3v) is 4.85. The van der Waals surface area contributed by atoms with E-state index in [1.165, 1.54) is 64.2 Å². The van der Waals surface area contributed by atoms with Gasteiger partial charge in [-0.3, -0.25) is 4.79 Å². The van der Waals surface area contributed by atoms with Gasteiger partial charge >= 0.3 is 0 Å². The van der Waals surface area contributed by atoms with Crippen molar-refractivity contribution in [1.82, 2.24) is 0 Å². The molecule has 22 heavy (non-hydrogen) atoms. The second kappa shape index (κ2) is 14.2. The number of rotatable bonds is 14. The molecule has 0 saturated carbocycles. The van der Waals surface area contributed by atoms with Crippen LogP contribution in [0.4, 0.5) is 0 Å². The maximum Gasteiger partial charge on any atom is 0.250 e. The van der Waals surface area contributed by atoms with Crippen LogP contribution in [0.5, 0.6) is 0 Å². The van der Waals surface area contributed by atoms with Crippen molar-refractivity contribution in [1.29, 1.82) is 0 Å². The van der Waals surface area contributed by atoms with Gasteiger partial charge in [-0.25, -0.2) is 0 Å². The zero-order chi connectivity index (χ0) is 16.8. The van der Waals surface area contributed by atoms with E-state index in [2.05, 4.69) is 6.92 Å². The largest absolute Gasteiger partial charge is 0.293 e. The maximum absolute atomic E-state index is 11.6. The Morgan fingerprint density at radius 1 is 0.773 bits per heavy atom. The van der Waals surface area contributed by atoms with Gasteiger partial charge in [-0.2, -0.15) is 0 Å². The van der Waals surface area contributed by atoms with E-state index in [1.807, 2.05) is 0 Å². The van der Waals surface area contributed by atoms with Crippen molar-refractivity contribution in [2.24, 2.45) is 0 Å². The number of Topliss-reactive ketones (excluding diaryl/α,β-unsaturated/α-hetero) is 1. The number of ketones is 1. The number of halogens is 4. The fourth-order valence-electron chi connectivity index (χ4n) is 2.47. The third kappa shape index (κ3) is 13.3. The fraction of sp³-hybridized carbons (Fsp3) is 0.941. The van der Waals surface area contributed by atoms with Crippen molar-refractivity contribution in [2.75, 3.05) is 0 Å². The lowest BCUT2D eigenvalue weighted by Gasteiger charge is -2.14. The Bertz CT molecular complexity index is 276. The lowest BCUT2D eigenvalue weighted by molar-refractivity contribution is -0.118. The molecule has 0 aromatic heterocycles. The van der Waals surface area contributed by atoms with Crippen LogP contribution in [0.3, 0.4) is 0 Å². The van der Waals surface area contributed by atoms with Gasteiger partial charge in [-0.15, -0.1) is 11.6 Å². The van der Waals surface area contributed by atoms with Crippen molar-refractivity contribution >= 4 is 52.2 Å². The van der Waals surface area contributed by atoms with Crippen LogP contribution in [0.2, 0.25) is 0 Å². The summed E-state index contributed by atoms with van der Waals surface area (Å²) in [6.45, 7) is 2.25. The average molecular weight is 392 g/mol. The van der Waals surface area contributed by atoms with Crippen molar-refractivity contribution in [3.8, 4) is 0 Å². The van der Waals surface area contributed by atoms with Gasteiger partial charge in [0.05, 0.1) is 5.38 Å². The molecule has 0 spiro atoms. The number of hydrogen-bond donors (Lipinski definition) is 0. The Morgan fingerprint density at radius 2 is 1.14 bits per heavy atom. The molecular weight excluding hydrogens is 362 g/mol. The zero-order valence-corrected chi connectivity index (χ0v) is 16.7. The molecule has 0 aliphatic heterocycles. The molecule has 0 bridgehead atoms. The third-order valence-electron chi connectivity index (χ3n) is 3.88. The van der Waals surface area contributed by atoms with Gasteiger partial charge in [0.1, 0.15) is 0 Å². The highest BCUT2D eigenvalue weighted by molar-refractivity contribution is 6.77. The molecule has 132 valence electrons. The molecule has 0 N–H and O–H groups in total. The molecule has 0 fully saturated rings. The van der Waals surface area contributed by atoms with Crippen LogP contribution in [-0.4, -0.2) is 15.0 Å². The van der Waals surface area contributed by atoms with Gasteiger partial charge in [-0.1, -0.05) is 119 Å². The molecular formula is C17H30Cl4O. The summed E-state index contributed by atoms with van der Waals surface area (Å²) in [6.07, 6.45) is 15.9. The summed E-state index contributed by atoms with van der Waals surface area (Å²) < 4.78 is -1.89. The normalized spacial score (nSPS) is 13.3. The average Bonchev–Trinajstić information content (AvgIpc) is 2.46. The Balaban J connectivity index is 3.32. The Labute approximate surface area is 156 Å². The van der Waals surface area contributed by atoms with Gasteiger partial charge in [0, 0.05) is 0 Å². The minimum atomic E-state index is -1.89. The lowest BCUT2D eigenvalue weighted by atomic mass is 10.0. The molecule has 0 radical (unpaired) electrons. The van der Waals surface area contributed by atoms with Gasteiger partial charge in [0.15, 0.2) is 0 Å². The van der Waals surface area contributed by atoms with E-state index in [1.54, 1.807) is 0 Å². The summed E-state index contributed by atoms with van der Waals surface area (Å²) in [5, 5.41) is -0.685. The molecule has 5 heteroatoms. The summed E-state index contributed by atoms with van der Waals surface area (Å²) >= 11 is 22.5. The van der Waals surface area contributed by atoms with Gasteiger partial charge in [0.2, 0.25) is 9.58 Å². The Kier molecular flexibility index (Phi) is 14.7. The predicted molar refractivity (Wildman–Crippen MR) is 101 cm³/mol. The molecule has 1 atom stereocenters. The topological polar surface area (TPSA) is 17.1 Å². The number of carbonyl (C=O) groups excluding carboxylic acids is 1. The number of hydrogen-bond acceptors (Lipinski definition) is 1. The summed E-state index contributed by atoms with van der Waals surface area (Å²) in [7, 11) is 0. The van der Waals surface area contributed by atoms with Crippen molar-refractivity contribution in [3.63, 3.8) is 0 Å². The van der Waals surface area contributed by atoms with E-state index < -0.39 is 15.0 Å². The van der Waals surface area contributed by atoms with Crippen LogP contribution in [0.25, 0.3) is 0 Å². The highest BCUT2D eigenvalue weighted by atomic mass is 35.6. The van der Waals surface area contributed by atoms with Gasteiger partial charge in [0.25, 0.3) is 0 Å². The summed E-state index contributed by atoms with van der Waals surface area (Å²) in [6, 6.07) is 0. The van der Waals surface area contributed by atoms with Crippen molar-refractivity contribution < 1.29 is 4.79 Å². The molecule has 0 aliphatic carbocycles. The molecule has 0 aromatic carbocycles. The van der Waals surface area contributed by atoms with Crippen LogP contribution in [-0.2, 0) is 4.79 Å². The first-order valence-electron chi connectivity index (χ1n) is 8.64. The molecule has 1 unspecified atom stereocenters. The molecule has 1 nitrogen and oxygen atoms in total. The van der Waals surface area contributed by atoms with E-state index in [9.17, 15) is 4.79 Å². The summed E-state index contributed by atoms with van der Waals surface area (Å²) in [4.78, 5) is 11.6. The Morgan fingerprint density at radius 3 is 1.50 bits per heavy atom. The SMILES string of the molecule is CCCCCCCCCCCCCCC(Cl)C(=O)C(Cl)(Cl)Cl. The first-order chi connectivity index (χ1) is 10.4. The molecule has 0 saturated heterocycles. The van der Waals surface area contributed by atoms with Crippen LogP contribution >= 0.6 is 46.4 Å². The standard InChI is InChI=1S/C17H30Cl4O/c1-2-3-4-5-6-7-8-9-10-11-12-13-14-15(18)16(22)17(19,20)21/h15H,2-14H2,1H3. The van der Waals surface area contributed by atoms with Crippen molar-refractivity contribution in [2.45, 2.75) is 99.6 Å². The van der Waals surface area contributed by atoms with Gasteiger partial charge in [-0.05, 0) is 6.42 Å². The Hall–Kier alpha value is 0.830. The monoisotopic (exact) mass is 390 g/mol. The second-order valence-electron chi connectivity index (χ2n) is 6.01. The second-order valence-corrected chi connectivity index (χ2v) is 8.82. The van der Waals surface area contributed by atoms with E-state index in [0.717, 1.165) is 12.8 Å². The van der Waals surface area contributed by atoms with E-state index in [4.69, 9.17) is 46.4 Å². The highest BCUT2D eigenvalue weighted by Crippen LogP contribution is 2.31. The number of carbonyl (C=O) groups is 1. The molecule has 0 aliphatic rings. The molecule has 0 aromatic rings. The fourth-order valence-corrected chi connectivity index (χ4v) is 3.35. The quantitative estimate of drug-likeness (QED) is 0.219. The van der Waals surface area contributed by atoms with E-state index >= 15 is 0 Å². The smallest absolute Gasteiger partial charge is 0.250 e. The molecule has 0 heterocycles. The summed E-state index contributed by atoms with van der Waals surface area (Å²) in [5.74, 6) is -0.512. The maximum atomic E-state index is 11.6. The predicted octanol–water partition coefficient (Wildman–Crippen LogP) is 7.62. The van der Waals surface area contributed by atoms with Crippen LogP contribution < -0.4 is 0 Å². The highest BCUT2D eigenvalue weighted by Gasteiger charge is 2.35. The van der Waals surface area contributed by atoms with E-state index in [-0.39, 0.29) is 0 Å². The lowest BCUT2D eigenvalue weighted by Crippen LogP contribution is -2.28. The first-order valence-corrected chi connectivity index (χ1v) is 10.2. The van der Waals surface area contributed by atoms with Crippen molar-refractivity contribution in [3.05, 3.63) is 0 Å². The minimum Gasteiger partial charge on any atom is -0.293 e. The van der Waals surface area contributed by atoms with Crippen LogP contribution in [0, 0.1) is 0 Å².